The molecule has 8 nitrogen and oxygen atoms in total. The number of thioether (sulfide) groups is 1. The first-order valence-electron chi connectivity index (χ1n) is 8.09. The van der Waals surface area contributed by atoms with Gasteiger partial charge in [0.15, 0.2) is 6.61 Å². The molecular formula is C18H16Cl2N2O6S. The molecule has 0 heterocycles. The number of anilines is 1. The SMILES string of the molecule is COc1cc([N+](=O)[O-])ccc1NC(=O)COC(=O)CSCc1ccc(Cl)c(Cl)c1. The van der Waals surface area contributed by atoms with Gasteiger partial charge in [-0.2, -0.15) is 0 Å². The third-order valence-corrected chi connectivity index (χ3v) is 5.22. The number of non-ortho nitro benzene ring substituents is 1. The number of ether oxygens (including phenoxy) is 2. The molecule has 0 atom stereocenters. The van der Waals surface area contributed by atoms with Crippen LogP contribution in [0.5, 0.6) is 5.75 Å². The van der Waals surface area contributed by atoms with Crippen molar-refractivity contribution in [3.8, 4) is 5.75 Å². The molecule has 0 saturated carbocycles. The third kappa shape index (κ3) is 7.12. The lowest BCUT2D eigenvalue weighted by molar-refractivity contribution is -0.384. The van der Waals surface area contributed by atoms with E-state index in [1.807, 2.05) is 0 Å². The number of hydrogen-bond acceptors (Lipinski definition) is 7. The highest BCUT2D eigenvalue weighted by molar-refractivity contribution is 7.99. The van der Waals surface area contributed by atoms with Gasteiger partial charge in [0.1, 0.15) is 5.75 Å². The van der Waals surface area contributed by atoms with Crippen LogP contribution in [-0.4, -0.2) is 36.3 Å². The van der Waals surface area contributed by atoms with E-state index < -0.39 is 23.4 Å². The number of esters is 1. The molecule has 1 amide bonds. The predicted octanol–water partition coefficient (Wildman–Crippen LogP) is 4.33. The summed E-state index contributed by atoms with van der Waals surface area (Å²) < 4.78 is 9.95. The molecule has 2 rings (SSSR count). The molecule has 0 unspecified atom stereocenters. The number of nitro groups is 1. The normalized spacial score (nSPS) is 10.3. The van der Waals surface area contributed by atoms with Crippen LogP contribution in [-0.2, 0) is 20.1 Å². The van der Waals surface area contributed by atoms with E-state index in [0.29, 0.717) is 15.8 Å². The number of nitro benzene ring substituents is 1. The van der Waals surface area contributed by atoms with Gasteiger partial charge in [-0.05, 0) is 23.8 Å². The number of amides is 1. The van der Waals surface area contributed by atoms with Crippen molar-refractivity contribution in [2.24, 2.45) is 0 Å². The number of benzene rings is 2. The Morgan fingerprint density at radius 1 is 1.17 bits per heavy atom. The molecule has 0 aliphatic heterocycles. The summed E-state index contributed by atoms with van der Waals surface area (Å²) in [7, 11) is 1.32. The van der Waals surface area contributed by atoms with Crippen molar-refractivity contribution >= 4 is 58.2 Å². The monoisotopic (exact) mass is 458 g/mol. The zero-order valence-corrected chi connectivity index (χ0v) is 17.5. The Balaban J connectivity index is 1.77. The highest BCUT2D eigenvalue weighted by Gasteiger charge is 2.14. The van der Waals surface area contributed by atoms with Gasteiger partial charge in [-0.25, -0.2) is 0 Å². The van der Waals surface area contributed by atoms with Crippen molar-refractivity contribution in [3.63, 3.8) is 0 Å². The summed E-state index contributed by atoms with van der Waals surface area (Å²) in [5, 5.41) is 14.1. The van der Waals surface area contributed by atoms with Crippen LogP contribution in [0.4, 0.5) is 11.4 Å². The summed E-state index contributed by atoms with van der Waals surface area (Å²) >= 11 is 13.1. The molecule has 0 radical (unpaired) electrons. The summed E-state index contributed by atoms with van der Waals surface area (Å²) in [6, 6.07) is 8.94. The van der Waals surface area contributed by atoms with Gasteiger partial charge in [0.05, 0.1) is 39.6 Å². The van der Waals surface area contributed by atoms with Gasteiger partial charge >= 0.3 is 5.97 Å². The average Bonchev–Trinajstić information content (AvgIpc) is 2.69. The van der Waals surface area contributed by atoms with E-state index in [1.165, 1.54) is 37.1 Å². The summed E-state index contributed by atoms with van der Waals surface area (Å²) in [5.41, 5.74) is 0.957. The number of rotatable bonds is 9. The molecule has 1 N–H and O–H groups in total. The smallest absolute Gasteiger partial charge is 0.316 e. The van der Waals surface area contributed by atoms with E-state index in [2.05, 4.69) is 5.32 Å². The molecule has 0 aliphatic carbocycles. The number of halogens is 2. The van der Waals surface area contributed by atoms with Crippen LogP contribution in [0.2, 0.25) is 10.0 Å². The molecule has 0 spiro atoms. The molecule has 0 fully saturated rings. The van der Waals surface area contributed by atoms with E-state index in [1.54, 1.807) is 18.2 Å². The van der Waals surface area contributed by atoms with E-state index >= 15 is 0 Å². The van der Waals surface area contributed by atoms with E-state index in [0.717, 1.165) is 5.56 Å². The largest absolute Gasteiger partial charge is 0.494 e. The standard InChI is InChI=1S/C18H16Cl2N2O6S/c1-27-16-7-12(22(25)26)3-5-15(16)21-17(23)8-28-18(24)10-29-9-11-2-4-13(19)14(20)6-11/h2-7H,8-10H2,1H3,(H,21,23). The third-order valence-electron chi connectivity index (χ3n) is 3.51. The molecule has 2 aromatic carbocycles. The Bertz CT molecular complexity index is 925. The zero-order chi connectivity index (χ0) is 21.4. The Labute approximate surface area is 180 Å². The van der Waals surface area contributed by atoms with Crippen LogP contribution < -0.4 is 10.1 Å². The zero-order valence-electron chi connectivity index (χ0n) is 15.1. The van der Waals surface area contributed by atoms with Crippen molar-refractivity contribution in [2.75, 3.05) is 24.8 Å². The lowest BCUT2D eigenvalue weighted by Crippen LogP contribution is -2.22. The topological polar surface area (TPSA) is 108 Å². The van der Waals surface area contributed by atoms with Crippen LogP contribution in [0, 0.1) is 10.1 Å². The van der Waals surface area contributed by atoms with Gasteiger partial charge < -0.3 is 14.8 Å². The molecule has 0 saturated heterocycles. The molecule has 29 heavy (non-hydrogen) atoms. The molecule has 11 heteroatoms. The number of carbonyl (C=O) groups is 2. The highest BCUT2D eigenvalue weighted by atomic mass is 35.5. The lowest BCUT2D eigenvalue weighted by atomic mass is 10.2. The molecule has 0 aromatic heterocycles. The highest BCUT2D eigenvalue weighted by Crippen LogP contribution is 2.29. The first-order valence-corrected chi connectivity index (χ1v) is 10.0. The number of hydrogen-bond donors (Lipinski definition) is 1. The van der Waals surface area contributed by atoms with Crippen LogP contribution in [0.15, 0.2) is 36.4 Å². The predicted molar refractivity (Wildman–Crippen MR) is 112 cm³/mol. The Morgan fingerprint density at radius 2 is 1.93 bits per heavy atom. The number of carbonyl (C=O) groups excluding carboxylic acids is 2. The fraction of sp³-hybridized carbons (Fsp3) is 0.222. The van der Waals surface area contributed by atoms with Crippen molar-refractivity contribution in [3.05, 3.63) is 62.1 Å². The number of nitrogens with one attached hydrogen (secondary N) is 1. The number of methoxy groups -OCH3 is 1. The van der Waals surface area contributed by atoms with Crippen LogP contribution in [0.3, 0.4) is 0 Å². The summed E-state index contributed by atoms with van der Waals surface area (Å²) in [4.78, 5) is 33.9. The first-order chi connectivity index (χ1) is 13.8. The van der Waals surface area contributed by atoms with Crippen LogP contribution >= 0.6 is 35.0 Å². The van der Waals surface area contributed by atoms with Gasteiger partial charge in [0.2, 0.25) is 0 Å². The van der Waals surface area contributed by atoms with Crippen molar-refractivity contribution < 1.29 is 24.0 Å². The van der Waals surface area contributed by atoms with E-state index in [4.69, 9.17) is 32.7 Å². The first kappa shape index (κ1) is 22.8. The maximum Gasteiger partial charge on any atom is 0.316 e. The summed E-state index contributed by atoms with van der Waals surface area (Å²) in [6.07, 6.45) is 0. The number of nitrogens with zero attached hydrogens (tertiary/aromatic N) is 1. The summed E-state index contributed by atoms with van der Waals surface area (Å²) in [5.74, 6) is -0.455. The Hall–Kier alpha value is -2.49. The second-order valence-electron chi connectivity index (χ2n) is 5.59. The lowest BCUT2D eigenvalue weighted by Gasteiger charge is -2.10. The van der Waals surface area contributed by atoms with Gasteiger partial charge in [-0.3, -0.25) is 19.7 Å². The van der Waals surface area contributed by atoms with Crippen molar-refractivity contribution in [1.82, 2.24) is 0 Å². The maximum atomic E-state index is 12.0. The van der Waals surface area contributed by atoms with Gasteiger partial charge in [0, 0.05) is 11.8 Å². The molecule has 154 valence electrons. The minimum Gasteiger partial charge on any atom is -0.494 e. The second kappa shape index (κ2) is 10.9. The fourth-order valence-electron chi connectivity index (χ4n) is 2.15. The van der Waals surface area contributed by atoms with Gasteiger partial charge in [-0.15, -0.1) is 11.8 Å². The molecular weight excluding hydrogens is 443 g/mol. The fourth-order valence-corrected chi connectivity index (χ4v) is 3.24. The van der Waals surface area contributed by atoms with Crippen molar-refractivity contribution in [1.29, 1.82) is 0 Å². The second-order valence-corrected chi connectivity index (χ2v) is 7.39. The van der Waals surface area contributed by atoms with Gasteiger partial charge in [0.25, 0.3) is 11.6 Å². The van der Waals surface area contributed by atoms with Gasteiger partial charge in [-0.1, -0.05) is 29.3 Å². The Kier molecular flexibility index (Phi) is 8.56. The maximum absolute atomic E-state index is 12.0. The quantitative estimate of drug-likeness (QED) is 0.338. The van der Waals surface area contributed by atoms with E-state index in [-0.39, 0.29) is 22.9 Å². The minimum absolute atomic E-state index is 0.0500. The minimum atomic E-state index is -0.597. The summed E-state index contributed by atoms with van der Waals surface area (Å²) in [6.45, 7) is -0.494. The van der Waals surface area contributed by atoms with Crippen LogP contribution in [0.1, 0.15) is 5.56 Å². The van der Waals surface area contributed by atoms with Crippen LogP contribution in [0.25, 0.3) is 0 Å². The van der Waals surface area contributed by atoms with Crippen molar-refractivity contribution in [2.45, 2.75) is 5.75 Å². The molecule has 0 aliphatic rings. The Morgan fingerprint density at radius 3 is 2.59 bits per heavy atom. The molecule has 0 bridgehead atoms. The average molecular weight is 459 g/mol. The molecule has 2 aromatic rings. The van der Waals surface area contributed by atoms with E-state index in [9.17, 15) is 19.7 Å².